The van der Waals surface area contributed by atoms with Gasteiger partial charge in [-0.3, -0.25) is 4.79 Å². The summed E-state index contributed by atoms with van der Waals surface area (Å²) in [6.45, 7) is 1.26. The Bertz CT molecular complexity index is 1240. The van der Waals surface area contributed by atoms with Gasteiger partial charge in [-0.25, -0.2) is 4.98 Å². The third-order valence-electron chi connectivity index (χ3n) is 5.21. The van der Waals surface area contributed by atoms with Crippen LogP contribution in [0.4, 0.5) is 0 Å². The van der Waals surface area contributed by atoms with Gasteiger partial charge in [0.2, 0.25) is 0 Å². The standard InChI is InChI=1S/C28H27NO5/c30-28(31)13-3-4-16-32-24-9-5-7-21(17-24)19-33-25-10-6-11-26(18-25)34-20-23-15-14-22-8-1-2-12-27(22)29-23/h1-2,5-12,14-15,17-18H,3-4,13,16,19-20H2,(H,30,31). The van der Waals surface area contributed by atoms with Crippen molar-refractivity contribution in [2.45, 2.75) is 32.5 Å². The van der Waals surface area contributed by atoms with Gasteiger partial charge in [0.25, 0.3) is 0 Å². The number of carbonyl (C=O) groups is 1. The van der Waals surface area contributed by atoms with Gasteiger partial charge in [-0.1, -0.05) is 42.5 Å². The zero-order valence-corrected chi connectivity index (χ0v) is 18.9. The zero-order chi connectivity index (χ0) is 23.6. The summed E-state index contributed by atoms with van der Waals surface area (Å²) < 4.78 is 17.6. The van der Waals surface area contributed by atoms with Crippen molar-refractivity contribution in [3.8, 4) is 17.2 Å². The summed E-state index contributed by atoms with van der Waals surface area (Å²) in [6, 6.07) is 27.3. The number of hydrogen-bond acceptors (Lipinski definition) is 5. The summed E-state index contributed by atoms with van der Waals surface area (Å²) in [5.74, 6) is 1.39. The fourth-order valence-corrected chi connectivity index (χ4v) is 3.46. The van der Waals surface area contributed by atoms with Crippen molar-refractivity contribution in [2.75, 3.05) is 6.61 Å². The van der Waals surface area contributed by atoms with Crippen LogP contribution in [-0.4, -0.2) is 22.7 Å². The molecule has 0 aliphatic carbocycles. The van der Waals surface area contributed by atoms with Gasteiger partial charge in [-0.15, -0.1) is 0 Å². The number of unbranched alkanes of at least 4 members (excludes halogenated alkanes) is 1. The summed E-state index contributed by atoms with van der Waals surface area (Å²) in [5, 5.41) is 9.79. The molecule has 6 heteroatoms. The number of para-hydroxylation sites is 1. The number of nitrogens with zero attached hydrogens (tertiary/aromatic N) is 1. The average Bonchev–Trinajstić information content (AvgIpc) is 2.86. The number of fused-ring (bicyclic) bond motifs is 1. The summed E-state index contributed by atoms with van der Waals surface area (Å²) in [5.41, 5.74) is 2.80. The number of rotatable bonds is 12. The predicted octanol–water partition coefficient (Wildman–Crippen LogP) is 6.03. The molecule has 0 bridgehead atoms. The lowest BCUT2D eigenvalue weighted by atomic mass is 10.2. The molecule has 4 aromatic rings. The van der Waals surface area contributed by atoms with Gasteiger partial charge in [0.05, 0.1) is 17.8 Å². The van der Waals surface area contributed by atoms with E-state index in [-0.39, 0.29) is 6.42 Å². The summed E-state index contributed by atoms with van der Waals surface area (Å²) in [4.78, 5) is 15.2. The van der Waals surface area contributed by atoms with E-state index >= 15 is 0 Å². The molecule has 0 aliphatic heterocycles. The Labute approximate surface area is 198 Å². The first kappa shape index (κ1) is 23.1. The normalized spacial score (nSPS) is 10.7. The Balaban J connectivity index is 1.27. The molecule has 1 N–H and O–H groups in total. The number of ether oxygens (including phenoxy) is 3. The van der Waals surface area contributed by atoms with Crippen LogP contribution in [0.25, 0.3) is 10.9 Å². The Morgan fingerprint density at radius 1 is 0.735 bits per heavy atom. The number of benzene rings is 3. The van der Waals surface area contributed by atoms with Crippen LogP contribution in [0.3, 0.4) is 0 Å². The fourth-order valence-electron chi connectivity index (χ4n) is 3.46. The molecule has 1 aromatic heterocycles. The summed E-state index contributed by atoms with van der Waals surface area (Å²) >= 11 is 0. The zero-order valence-electron chi connectivity index (χ0n) is 18.9. The fraction of sp³-hybridized carbons (Fsp3) is 0.214. The third-order valence-corrected chi connectivity index (χ3v) is 5.21. The van der Waals surface area contributed by atoms with E-state index in [1.165, 1.54) is 0 Å². The molecule has 6 nitrogen and oxygen atoms in total. The van der Waals surface area contributed by atoms with Crippen molar-refractivity contribution >= 4 is 16.9 Å². The van der Waals surface area contributed by atoms with Gasteiger partial charge in [0.1, 0.15) is 30.5 Å². The van der Waals surface area contributed by atoms with Gasteiger partial charge in [0, 0.05) is 17.9 Å². The largest absolute Gasteiger partial charge is 0.494 e. The van der Waals surface area contributed by atoms with E-state index < -0.39 is 5.97 Å². The molecule has 3 aromatic carbocycles. The smallest absolute Gasteiger partial charge is 0.303 e. The van der Waals surface area contributed by atoms with Gasteiger partial charge in [-0.2, -0.15) is 0 Å². The van der Waals surface area contributed by atoms with E-state index in [4.69, 9.17) is 19.3 Å². The van der Waals surface area contributed by atoms with Crippen LogP contribution in [0.2, 0.25) is 0 Å². The molecule has 0 radical (unpaired) electrons. The van der Waals surface area contributed by atoms with Gasteiger partial charge >= 0.3 is 5.97 Å². The van der Waals surface area contributed by atoms with Crippen molar-refractivity contribution in [1.29, 1.82) is 0 Å². The summed E-state index contributed by atoms with van der Waals surface area (Å²) in [6.07, 6.45) is 1.47. The monoisotopic (exact) mass is 457 g/mol. The van der Waals surface area contributed by atoms with E-state index in [1.807, 2.05) is 78.9 Å². The maximum absolute atomic E-state index is 10.6. The Hall–Kier alpha value is -4.06. The highest BCUT2D eigenvalue weighted by molar-refractivity contribution is 5.78. The lowest BCUT2D eigenvalue weighted by Crippen LogP contribution is -2.01. The maximum atomic E-state index is 10.6. The van der Waals surface area contributed by atoms with E-state index in [9.17, 15) is 4.79 Å². The quantitative estimate of drug-likeness (QED) is 0.262. The van der Waals surface area contributed by atoms with E-state index in [0.717, 1.165) is 27.9 Å². The average molecular weight is 458 g/mol. The Morgan fingerprint density at radius 3 is 2.29 bits per heavy atom. The molecule has 0 unspecified atom stereocenters. The van der Waals surface area contributed by atoms with Crippen LogP contribution in [0.5, 0.6) is 17.2 Å². The molecular formula is C28H27NO5. The highest BCUT2D eigenvalue weighted by Gasteiger charge is 2.04. The first-order chi connectivity index (χ1) is 16.7. The minimum atomic E-state index is -0.779. The van der Waals surface area contributed by atoms with Crippen molar-refractivity contribution in [1.82, 2.24) is 4.98 Å². The number of hydrogen-bond donors (Lipinski definition) is 1. The van der Waals surface area contributed by atoms with Crippen LogP contribution in [0.15, 0.2) is 84.9 Å². The molecular weight excluding hydrogens is 430 g/mol. The molecule has 0 fully saturated rings. The van der Waals surface area contributed by atoms with Gasteiger partial charge in [-0.05, 0) is 54.8 Å². The number of aliphatic carboxylic acids is 1. The number of carboxylic acids is 1. The molecule has 174 valence electrons. The number of carboxylic acid groups (broad SMARTS) is 1. The molecule has 0 saturated heterocycles. The first-order valence-corrected chi connectivity index (χ1v) is 11.3. The molecule has 0 amide bonds. The minimum absolute atomic E-state index is 0.165. The van der Waals surface area contributed by atoms with Crippen LogP contribution in [0, 0.1) is 0 Å². The molecule has 0 spiro atoms. The van der Waals surface area contributed by atoms with Crippen LogP contribution in [-0.2, 0) is 18.0 Å². The Kier molecular flexibility index (Phi) is 7.95. The highest BCUT2D eigenvalue weighted by atomic mass is 16.5. The maximum Gasteiger partial charge on any atom is 0.303 e. The van der Waals surface area contributed by atoms with E-state index in [2.05, 4.69) is 11.1 Å². The Morgan fingerprint density at radius 2 is 1.47 bits per heavy atom. The van der Waals surface area contributed by atoms with Crippen molar-refractivity contribution < 1.29 is 24.1 Å². The second-order valence-corrected chi connectivity index (χ2v) is 7.89. The van der Waals surface area contributed by atoms with Gasteiger partial charge in [0.15, 0.2) is 0 Å². The van der Waals surface area contributed by atoms with E-state index in [1.54, 1.807) is 0 Å². The minimum Gasteiger partial charge on any atom is -0.494 e. The molecule has 4 rings (SSSR count). The highest BCUT2D eigenvalue weighted by Crippen LogP contribution is 2.23. The first-order valence-electron chi connectivity index (χ1n) is 11.3. The molecule has 0 aliphatic rings. The molecule has 34 heavy (non-hydrogen) atoms. The van der Waals surface area contributed by atoms with E-state index in [0.29, 0.717) is 44.2 Å². The second kappa shape index (κ2) is 11.7. The lowest BCUT2D eigenvalue weighted by molar-refractivity contribution is -0.137. The van der Waals surface area contributed by atoms with Crippen LogP contribution >= 0.6 is 0 Å². The lowest BCUT2D eigenvalue weighted by Gasteiger charge is -2.11. The second-order valence-electron chi connectivity index (χ2n) is 7.89. The third kappa shape index (κ3) is 6.97. The number of pyridine rings is 1. The topological polar surface area (TPSA) is 77.9 Å². The molecule has 0 atom stereocenters. The van der Waals surface area contributed by atoms with Crippen LogP contribution < -0.4 is 14.2 Å². The van der Waals surface area contributed by atoms with Crippen molar-refractivity contribution in [3.05, 3.63) is 96.2 Å². The SMILES string of the molecule is O=C(O)CCCCOc1cccc(COc2cccc(OCc3ccc4ccccc4n3)c2)c1. The molecule has 1 heterocycles. The number of aromatic nitrogens is 1. The van der Waals surface area contributed by atoms with Crippen LogP contribution in [0.1, 0.15) is 30.5 Å². The van der Waals surface area contributed by atoms with Crippen molar-refractivity contribution in [2.24, 2.45) is 0 Å². The molecule has 0 saturated carbocycles. The predicted molar refractivity (Wildman–Crippen MR) is 130 cm³/mol. The van der Waals surface area contributed by atoms with Gasteiger partial charge < -0.3 is 19.3 Å². The van der Waals surface area contributed by atoms with Crippen molar-refractivity contribution in [3.63, 3.8) is 0 Å². The summed E-state index contributed by atoms with van der Waals surface area (Å²) in [7, 11) is 0.